The summed E-state index contributed by atoms with van der Waals surface area (Å²) in [5.41, 5.74) is 0.782. The molecule has 0 aliphatic carbocycles. The Morgan fingerprint density at radius 3 is 2.56 bits per heavy atom. The summed E-state index contributed by atoms with van der Waals surface area (Å²) < 4.78 is 5.49. The summed E-state index contributed by atoms with van der Waals surface area (Å²) in [5.74, 6) is 1.46. The van der Waals surface area contributed by atoms with E-state index in [1.54, 1.807) is 6.20 Å². The highest BCUT2D eigenvalue weighted by Crippen LogP contribution is 2.20. The van der Waals surface area contributed by atoms with Gasteiger partial charge in [0.25, 0.3) is 0 Å². The molecule has 0 atom stereocenters. The van der Waals surface area contributed by atoms with Crippen molar-refractivity contribution >= 4 is 11.5 Å². The Kier molecular flexibility index (Phi) is 4.41. The van der Waals surface area contributed by atoms with Gasteiger partial charge in [0, 0.05) is 6.20 Å². The number of pyridine rings is 1. The van der Waals surface area contributed by atoms with Gasteiger partial charge in [0.1, 0.15) is 5.75 Å². The second-order valence-corrected chi connectivity index (χ2v) is 3.73. The van der Waals surface area contributed by atoms with Crippen LogP contribution in [0.3, 0.4) is 0 Å². The molecule has 0 aliphatic rings. The van der Waals surface area contributed by atoms with Gasteiger partial charge >= 0.3 is 0 Å². The number of benzene rings is 1. The number of rotatable bonds is 5. The predicted octanol–water partition coefficient (Wildman–Crippen LogP) is 4.29. The van der Waals surface area contributed by atoms with Gasteiger partial charge in [-0.25, -0.2) is 4.98 Å². The fraction of sp³-hybridized carbons (Fsp3) is 0.214. The molecule has 4 heteroatoms. The van der Waals surface area contributed by atoms with Crippen molar-refractivity contribution in [1.29, 1.82) is 0 Å². The van der Waals surface area contributed by atoms with Gasteiger partial charge < -0.3 is 4.74 Å². The van der Waals surface area contributed by atoms with E-state index in [-0.39, 0.29) is 0 Å². The molecule has 0 spiro atoms. The largest absolute Gasteiger partial charge is 0.494 e. The van der Waals surface area contributed by atoms with E-state index in [2.05, 4.69) is 22.1 Å². The highest BCUT2D eigenvalue weighted by Gasteiger charge is 1.94. The molecule has 1 aromatic heterocycles. The molecule has 2 rings (SSSR count). The molecule has 0 unspecified atom stereocenters. The van der Waals surface area contributed by atoms with Crippen molar-refractivity contribution in [3.63, 3.8) is 0 Å². The molecule has 0 radical (unpaired) electrons. The van der Waals surface area contributed by atoms with Crippen LogP contribution >= 0.6 is 0 Å². The maximum absolute atomic E-state index is 5.49. The topological polar surface area (TPSA) is 46.8 Å². The minimum absolute atomic E-state index is 0.601. The number of nitrogens with zero attached hydrogens (tertiary/aromatic N) is 3. The fourth-order valence-electron chi connectivity index (χ4n) is 1.35. The molecule has 0 N–H and O–H groups in total. The lowest BCUT2D eigenvalue weighted by atomic mass is 10.3. The third-order valence-corrected chi connectivity index (χ3v) is 2.23. The van der Waals surface area contributed by atoms with Crippen molar-refractivity contribution in [2.75, 3.05) is 6.61 Å². The van der Waals surface area contributed by atoms with E-state index in [1.165, 1.54) is 0 Å². The lowest BCUT2D eigenvalue weighted by Gasteiger charge is -2.03. The SMILES string of the molecule is CCCOc1ccc(N=Nc2ccccn2)cc1. The summed E-state index contributed by atoms with van der Waals surface area (Å²) in [5, 5.41) is 8.15. The Hall–Kier alpha value is -2.23. The summed E-state index contributed by atoms with van der Waals surface area (Å²) >= 11 is 0. The zero-order chi connectivity index (χ0) is 12.6. The minimum Gasteiger partial charge on any atom is -0.494 e. The monoisotopic (exact) mass is 241 g/mol. The molecule has 0 saturated carbocycles. The van der Waals surface area contributed by atoms with Crippen molar-refractivity contribution in [3.05, 3.63) is 48.7 Å². The average molecular weight is 241 g/mol. The van der Waals surface area contributed by atoms with E-state index in [9.17, 15) is 0 Å². The fourth-order valence-corrected chi connectivity index (χ4v) is 1.35. The maximum atomic E-state index is 5.49. The van der Waals surface area contributed by atoms with E-state index in [0.717, 1.165) is 24.5 Å². The molecule has 0 saturated heterocycles. The lowest BCUT2D eigenvalue weighted by Crippen LogP contribution is -1.93. The van der Waals surface area contributed by atoms with Gasteiger partial charge in [0.2, 0.25) is 0 Å². The summed E-state index contributed by atoms with van der Waals surface area (Å²) in [7, 11) is 0. The van der Waals surface area contributed by atoms with E-state index in [0.29, 0.717) is 5.82 Å². The van der Waals surface area contributed by atoms with Crippen LogP contribution in [-0.4, -0.2) is 11.6 Å². The van der Waals surface area contributed by atoms with E-state index in [1.807, 2.05) is 42.5 Å². The molecule has 2 aromatic rings. The van der Waals surface area contributed by atoms with E-state index < -0.39 is 0 Å². The van der Waals surface area contributed by atoms with Crippen LogP contribution in [0.2, 0.25) is 0 Å². The first-order chi connectivity index (χ1) is 8.88. The van der Waals surface area contributed by atoms with Gasteiger partial charge in [-0.3, -0.25) is 0 Å². The summed E-state index contributed by atoms with van der Waals surface area (Å²) in [6, 6.07) is 13.1. The molecule has 1 aromatic carbocycles. The molecule has 18 heavy (non-hydrogen) atoms. The van der Waals surface area contributed by atoms with E-state index in [4.69, 9.17) is 4.74 Å². The van der Waals surface area contributed by atoms with Crippen molar-refractivity contribution < 1.29 is 4.74 Å². The number of azo groups is 1. The Morgan fingerprint density at radius 1 is 1.06 bits per heavy atom. The normalized spacial score (nSPS) is 10.7. The molecule has 92 valence electrons. The second-order valence-electron chi connectivity index (χ2n) is 3.73. The predicted molar refractivity (Wildman–Crippen MR) is 70.6 cm³/mol. The number of hydrogen-bond acceptors (Lipinski definition) is 4. The maximum Gasteiger partial charge on any atom is 0.174 e. The minimum atomic E-state index is 0.601. The summed E-state index contributed by atoms with van der Waals surface area (Å²) in [6.07, 6.45) is 2.69. The summed E-state index contributed by atoms with van der Waals surface area (Å²) in [6.45, 7) is 2.81. The van der Waals surface area contributed by atoms with Crippen molar-refractivity contribution in [2.24, 2.45) is 10.2 Å². The van der Waals surface area contributed by atoms with Crippen LogP contribution in [0, 0.1) is 0 Å². The van der Waals surface area contributed by atoms with Crippen molar-refractivity contribution in [3.8, 4) is 5.75 Å². The van der Waals surface area contributed by atoms with E-state index >= 15 is 0 Å². The first-order valence-electron chi connectivity index (χ1n) is 5.94. The third-order valence-electron chi connectivity index (χ3n) is 2.23. The van der Waals surface area contributed by atoms with Crippen LogP contribution in [0.4, 0.5) is 11.5 Å². The molecule has 0 bridgehead atoms. The van der Waals surface area contributed by atoms with Gasteiger partial charge in [-0.2, -0.15) is 0 Å². The molecule has 0 aliphatic heterocycles. The number of aromatic nitrogens is 1. The Morgan fingerprint density at radius 2 is 1.89 bits per heavy atom. The lowest BCUT2D eigenvalue weighted by molar-refractivity contribution is 0.317. The van der Waals surface area contributed by atoms with Gasteiger partial charge in [-0.05, 0) is 42.8 Å². The highest BCUT2D eigenvalue weighted by molar-refractivity contribution is 5.41. The van der Waals surface area contributed by atoms with Crippen LogP contribution in [0.5, 0.6) is 5.75 Å². The van der Waals surface area contributed by atoms with Crippen LogP contribution < -0.4 is 4.74 Å². The van der Waals surface area contributed by atoms with Crippen molar-refractivity contribution in [2.45, 2.75) is 13.3 Å². The smallest absolute Gasteiger partial charge is 0.174 e. The highest BCUT2D eigenvalue weighted by atomic mass is 16.5. The van der Waals surface area contributed by atoms with Crippen LogP contribution in [0.15, 0.2) is 58.9 Å². The number of hydrogen-bond donors (Lipinski definition) is 0. The quantitative estimate of drug-likeness (QED) is 0.733. The zero-order valence-electron chi connectivity index (χ0n) is 10.3. The van der Waals surface area contributed by atoms with Gasteiger partial charge in [0.05, 0.1) is 12.3 Å². The summed E-state index contributed by atoms with van der Waals surface area (Å²) in [4.78, 5) is 4.07. The van der Waals surface area contributed by atoms with Crippen LogP contribution in [-0.2, 0) is 0 Å². The molecule has 0 fully saturated rings. The zero-order valence-corrected chi connectivity index (χ0v) is 10.3. The molecule has 4 nitrogen and oxygen atoms in total. The molecular weight excluding hydrogens is 226 g/mol. The van der Waals surface area contributed by atoms with Gasteiger partial charge in [0.15, 0.2) is 5.82 Å². The van der Waals surface area contributed by atoms with Crippen LogP contribution in [0.1, 0.15) is 13.3 Å². The number of ether oxygens (including phenoxy) is 1. The first kappa shape index (κ1) is 12.2. The van der Waals surface area contributed by atoms with Gasteiger partial charge in [-0.15, -0.1) is 10.2 Å². The van der Waals surface area contributed by atoms with Crippen LogP contribution in [0.25, 0.3) is 0 Å². The molecule has 0 amide bonds. The molecular formula is C14H15N3O. The van der Waals surface area contributed by atoms with Gasteiger partial charge in [-0.1, -0.05) is 13.0 Å². The Bertz CT molecular complexity index is 494. The first-order valence-corrected chi connectivity index (χ1v) is 5.94. The third kappa shape index (κ3) is 3.66. The Labute approximate surface area is 106 Å². The average Bonchev–Trinajstić information content (AvgIpc) is 2.45. The van der Waals surface area contributed by atoms with Crippen molar-refractivity contribution in [1.82, 2.24) is 4.98 Å². The Balaban J connectivity index is 2.00. The molecule has 1 heterocycles. The standard InChI is InChI=1S/C14H15N3O/c1-2-11-18-13-8-6-12(7-9-13)16-17-14-5-3-4-10-15-14/h3-10H,2,11H2,1H3. The second kappa shape index (κ2) is 6.49.